The van der Waals surface area contributed by atoms with Gasteiger partial charge in [-0.3, -0.25) is 9.48 Å². The first kappa shape index (κ1) is 18.4. The monoisotopic (exact) mass is 343 g/mol. The Morgan fingerprint density at radius 2 is 2.04 bits per heavy atom. The van der Waals surface area contributed by atoms with Crippen LogP contribution in [0.3, 0.4) is 0 Å². The highest BCUT2D eigenvalue weighted by molar-refractivity contribution is 5.86. The van der Waals surface area contributed by atoms with E-state index in [4.69, 9.17) is 0 Å². The molecule has 0 aliphatic carbocycles. The molecule has 0 aliphatic rings. The summed E-state index contributed by atoms with van der Waals surface area (Å²) in [5.74, 6) is 0.620. The van der Waals surface area contributed by atoms with Crippen molar-refractivity contribution in [1.29, 1.82) is 0 Å². The lowest BCUT2D eigenvalue weighted by atomic mass is 10.2. The zero-order valence-electron chi connectivity index (χ0n) is 14.7. The smallest absolute Gasteiger partial charge is 0.241 e. The highest BCUT2D eigenvalue weighted by Gasteiger charge is 2.05. The van der Waals surface area contributed by atoms with Gasteiger partial charge in [0.25, 0.3) is 0 Å². The summed E-state index contributed by atoms with van der Waals surface area (Å²) < 4.78 is 1.78. The van der Waals surface area contributed by atoms with E-state index in [2.05, 4.69) is 25.9 Å². The van der Waals surface area contributed by atoms with Crippen molar-refractivity contribution >= 4 is 11.9 Å². The van der Waals surface area contributed by atoms with E-state index < -0.39 is 0 Å². The van der Waals surface area contributed by atoms with Crippen LogP contribution in [0.1, 0.15) is 12.0 Å². The Hall–Kier alpha value is -2.90. The number of likely N-dealkylation sites (N-methyl/N-ethyl adjacent to an activating group) is 1. The van der Waals surface area contributed by atoms with Crippen LogP contribution >= 0.6 is 0 Å². The molecule has 2 rings (SSSR count). The molecule has 0 atom stereocenters. The van der Waals surface area contributed by atoms with Gasteiger partial charge in [-0.1, -0.05) is 35.5 Å². The molecule has 25 heavy (non-hydrogen) atoms. The SMILES string of the molecule is CN(C)C(=O)CNC(=NCc1ccccc1)NCCCn1ccnn1. The molecule has 134 valence electrons. The van der Waals surface area contributed by atoms with Gasteiger partial charge in [-0.25, -0.2) is 4.99 Å². The molecule has 1 heterocycles. The number of nitrogens with one attached hydrogen (secondary N) is 2. The van der Waals surface area contributed by atoms with E-state index in [1.807, 2.05) is 36.5 Å². The number of amides is 1. The Balaban J connectivity index is 1.85. The van der Waals surface area contributed by atoms with Crippen molar-refractivity contribution in [2.75, 3.05) is 27.2 Å². The van der Waals surface area contributed by atoms with Gasteiger partial charge in [0, 0.05) is 33.4 Å². The highest BCUT2D eigenvalue weighted by atomic mass is 16.2. The van der Waals surface area contributed by atoms with Crippen LogP contribution in [0.25, 0.3) is 0 Å². The summed E-state index contributed by atoms with van der Waals surface area (Å²) in [7, 11) is 3.46. The van der Waals surface area contributed by atoms with E-state index in [1.165, 1.54) is 0 Å². The summed E-state index contributed by atoms with van der Waals surface area (Å²) >= 11 is 0. The minimum atomic E-state index is -0.00294. The second kappa shape index (κ2) is 10.1. The number of carbonyl (C=O) groups is 1. The lowest BCUT2D eigenvalue weighted by Gasteiger charge is -2.15. The Labute approximate surface area is 147 Å². The van der Waals surface area contributed by atoms with E-state index in [1.54, 1.807) is 29.9 Å². The summed E-state index contributed by atoms with van der Waals surface area (Å²) in [6.07, 6.45) is 4.37. The van der Waals surface area contributed by atoms with Crippen molar-refractivity contribution in [3.05, 3.63) is 48.3 Å². The minimum Gasteiger partial charge on any atom is -0.356 e. The van der Waals surface area contributed by atoms with Crippen LogP contribution < -0.4 is 10.6 Å². The number of aliphatic imine (C=N–C) groups is 1. The molecule has 0 aliphatic heterocycles. The Kier molecular flexibility index (Phi) is 7.42. The molecule has 0 spiro atoms. The number of nitrogens with zero attached hydrogens (tertiary/aromatic N) is 5. The first-order valence-corrected chi connectivity index (χ1v) is 8.25. The van der Waals surface area contributed by atoms with Gasteiger partial charge in [-0.2, -0.15) is 0 Å². The zero-order chi connectivity index (χ0) is 17.9. The van der Waals surface area contributed by atoms with Crippen LogP contribution in [-0.2, 0) is 17.9 Å². The summed E-state index contributed by atoms with van der Waals surface area (Å²) in [6.45, 7) is 2.25. The fourth-order valence-corrected chi connectivity index (χ4v) is 2.05. The molecule has 2 aromatic rings. The second-order valence-corrected chi connectivity index (χ2v) is 5.74. The minimum absolute atomic E-state index is 0.00294. The molecule has 0 radical (unpaired) electrons. The summed E-state index contributed by atoms with van der Waals surface area (Å²) in [4.78, 5) is 17.9. The largest absolute Gasteiger partial charge is 0.356 e. The van der Waals surface area contributed by atoms with Gasteiger partial charge in [-0.15, -0.1) is 5.10 Å². The molecule has 0 fully saturated rings. The molecule has 0 unspecified atom stereocenters. The average Bonchev–Trinajstić information content (AvgIpc) is 3.14. The quantitative estimate of drug-likeness (QED) is 0.414. The molecule has 8 nitrogen and oxygen atoms in total. The number of rotatable bonds is 8. The number of carbonyl (C=O) groups excluding carboxylic acids is 1. The second-order valence-electron chi connectivity index (χ2n) is 5.74. The van der Waals surface area contributed by atoms with E-state index >= 15 is 0 Å². The lowest BCUT2D eigenvalue weighted by Crippen LogP contribution is -2.43. The van der Waals surface area contributed by atoms with Crippen molar-refractivity contribution in [2.24, 2.45) is 4.99 Å². The van der Waals surface area contributed by atoms with E-state index in [9.17, 15) is 4.79 Å². The fraction of sp³-hybridized carbons (Fsp3) is 0.412. The van der Waals surface area contributed by atoms with E-state index in [-0.39, 0.29) is 12.5 Å². The number of aromatic nitrogens is 3. The molecule has 2 N–H and O–H groups in total. The molecular weight excluding hydrogens is 318 g/mol. The number of benzene rings is 1. The number of hydrogen-bond donors (Lipinski definition) is 2. The topological polar surface area (TPSA) is 87.4 Å². The van der Waals surface area contributed by atoms with Gasteiger partial charge < -0.3 is 15.5 Å². The van der Waals surface area contributed by atoms with Gasteiger partial charge in [0.1, 0.15) is 0 Å². The fourth-order valence-electron chi connectivity index (χ4n) is 2.05. The maximum absolute atomic E-state index is 11.8. The number of aryl methyl sites for hydroxylation is 1. The van der Waals surface area contributed by atoms with E-state index in [0.717, 1.165) is 25.1 Å². The van der Waals surface area contributed by atoms with Crippen LogP contribution in [0.4, 0.5) is 0 Å². The van der Waals surface area contributed by atoms with Gasteiger partial charge in [0.05, 0.1) is 19.3 Å². The molecule has 1 amide bonds. The van der Waals surface area contributed by atoms with Crippen LogP contribution in [0, 0.1) is 0 Å². The molecular formula is C17H25N7O. The third kappa shape index (κ3) is 7.03. The molecule has 0 saturated heterocycles. The Bertz CT molecular complexity index is 653. The van der Waals surface area contributed by atoms with Crippen molar-refractivity contribution in [3.8, 4) is 0 Å². The summed E-state index contributed by atoms with van der Waals surface area (Å²) in [6, 6.07) is 10.00. The molecule has 0 bridgehead atoms. The number of hydrogen-bond acceptors (Lipinski definition) is 4. The molecule has 1 aromatic heterocycles. The Morgan fingerprint density at radius 3 is 2.72 bits per heavy atom. The van der Waals surface area contributed by atoms with Crippen molar-refractivity contribution < 1.29 is 4.79 Å². The van der Waals surface area contributed by atoms with E-state index in [0.29, 0.717) is 12.5 Å². The lowest BCUT2D eigenvalue weighted by molar-refractivity contribution is -0.127. The highest BCUT2D eigenvalue weighted by Crippen LogP contribution is 1.99. The van der Waals surface area contributed by atoms with Crippen LogP contribution in [0.2, 0.25) is 0 Å². The Morgan fingerprint density at radius 1 is 1.24 bits per heavy atom. The first-order valence-electron chi connectivity index (χ1n) is 8.25. The van der Waals surface area contributed by atoms with Gasteiger partial charge in [0.2, 0.25) is 5.91 Å². The molecule has 8 heteroatoms. The van der Waals surface area contributed by atoms with Gasteiger partial charge in [0.15, 0.2) is 5.96 Å². The van der Waals surface area contributed by atoms with Crippen molar-refractivity contribution in [2.45, 2.75) is 19.5 Å². The first-order chi connectivity index (χ1) is 12.1. The van der Waals surface area contributed by atoms with Crippen LogP contribution in [0.5, 0.6) is 0 Å². The van der Waals surface area contributed by atoms with Crippen molar-refractivity contribution in [3.63, 3.8) is 0 Å². The zero-order valence-corrected chi connectivity index (χ0v) is 14.7. The van der Waals surface area contributed by atoms with Gasteiger partial charge in [-0.05, 0) is 12.0 Å². The predicted molar refractivity (Wildman–Crippen MR) is 96.9 cm³/mol. The average molecular weight is 343 g/mol. The third-order valence-corrected chi connectivity index (χ3v) is 3.50. The van der Waals surface area contributed by atoms with Gasteiger partial charge >= 0.3 is 0 Å². The molecule has 1 aromatic carbocycles. The third-order valence-electron chi connectivity index (χ3n) is 3.50. The van der Waals surface area contributed by atoms with Crippen LogP contribution in [0.15, 0.2) is 47.7 Å². The molecule has 0 saturated carbocycles. The summed E-state index contributed by atoms with van der Waals surface area (Å²) in [5, 5.41) is 14.0. The number of guanidine groups is 1. The predicted octanol–water partition coefficient (Wildman–Crippen LogP) is 0.492. The maximum Gasteiger partial charge on any atom is 0.241 e. The normalized spacial score (nSPS) is 11.2. The van der Waals surface area contributed by atoms with Crippen LogP contribution in [-0.4, -0.2) is 58.9 Å². The van der Waals surface area contributed by atoms with Crippen molar-refractivity contribution in [1.82, 2.24) is 30.5 Å². The summed E-state index contributed by atoms with van der Waals surface area (Å²) in [5.41, 5.74) is 1.12. The maximum atomic E-state index is 11.8. The standard InChI is InChI=1S/C17H25N7O/c1-23(2)16(25)14-20-17(19-13-15-7-4-3-5-8-15)18-9-6-11-24-12-10-21-22-24/h3-5,7-8,10,12H,6,9,11,13-14H2,1-2H3,(H2,18,19,20).